The predicted octanol–water partition coefficient (Wildman–Crippen LogP) is 3.42. The lowest BCUT2D eigenvalue weighted by Gasteiger charge is -2.25. The third-order valence-corrected chi connectivity index (χ3v) is 2.68. The quantitative estimate of drug-likeness (QED) is 0.699. The van der Waals surface area contributed by atoms with E-state index in [0.29, 0.717) is 11.1 Å². The summed E-state index contributed by atoms with van der Waals surface area (Å²) < 4.78 is 0. The summed E-state index contributed by atoms with van der Waals surface area (Å²) >= 11 is 0. The maximum atomic E-state index is 9.20. The monoisotopic (exact) mass is 241 g/mol. The highest BCUT2D eigenvalue weighted by Crippen LogP contribution is 2.30. The van der Waals surface area contributed by atoms with Crippen molar-refractivity contribution in [3.63, 3.8) is 0 Å². The summed E-state index contributed by atoms with van der Waals surface area (Å²) in [5.41, 5.74) is 2.08. The summed E-state index contributed by atoms with van der Waals surface area (Å²) in [7, 11) is 0. The lowest BCUT2D eigenvalue weighted by molar-refractivity contribution is 0.528. The zero-order valence-electron chi connectivity index (χ0n) is 11.9. The predicted molar refractivity (Wildman–Crippen MR) is 71.1 cm³/mol. The van der Waals surface area contributed by atoms with Gasteiger partial charge in [0.05, 0.1) is 22.5 Å². The van der Waals surface area contributed by atoms with Gasteiger partial charge in [0.15, 0.2) is 0 Å². The molecule has 0 spiro atoms. The van der Waals surface area contributed by atoms with Crippen molar-refractivity contribution < 1.29 is 0 Å². The van der Waals surface area contributed by atoms with Gasteiger partial charge in [-0.15, -0.1) is 0 Å². The first kappa shape index (κ1) is 14.2. The average Bonchev–Trinajstić information content (AvgIpc) is 2.24. The average molecular weight is 241 g/mol. The number of nitrogens with zero attached hydrogens (tertiary/aromatic N) is 3. The van der Waals surface area contributed by atoms with Gasteiger partial charge in [0.25, 0.3) is 0 Å². The van der Waals surface area contributed by atoms with Gasteiger partial charge in [0, 0.05) is 10.8 Å². The van der Waals surface area contributed by atoms with E-state index in [1.165, 1.54) is 0 Å². The zero-order valence-corrected chi connectivity index (χ0v) is 11.9. The molecule has 1 aromatic heterocycles. The molecule has 0 amide bonds. The zero-order chi connectivity index (χ0) is 14.1. The van der Waals surface area contributed by atoms with Crippen LogP contribution in [0.3, 0.4) is 0 Å². The number of hydrogen-bond acceptors (Lipinski definition) is 3. The van der Waals surface area contributed by atoms with Crippen LogP contribution in [-0.4, -0.2) is 4.98 Å². The third kappa shape index (κ3) is 2.68. The summed E-state index contributed by atoms with van der Waals surface area (Å²) in [5.74, 6) is 0. The van der Waals surface area contributed by atoms with E-state index >= 15 is 0 Å². The molecule has 0 aliphatic carbocycles. The van der Waals surface area contributed by atoms with E-state index in [0.717, 1.165) is 11.4 Å². The summed E-state index contributed by atoms with van der Waals surface area (Å²) in [6.45, 7) is 12.1. The van der Waals surface area contributed by atoms with Crippen molar-refractivity contribution in [2.45, 2.75) is 52.4 Å². The van der Waals surface area contributed by atoms with E-state index in [1.807, 2.05) is 41.5 Å². The van der Waals surface area contributed by atoms with Crippen LogP contribution in [0.4, 0.5) is 0 Å². The Morgan fingerprint density at radius 1 is 0.833 bits per heavy atom. The molecule has 0 N–H and O–H groups in total. The maximum Gasteiger partial charge on any atom is 0.101 e. The van der Waals surface area contributed by atoms with E-state index in [9.17, 15) is 10.5 Å². The second kappa shape index (κ2) is 4.42. The molecule has 18 heavy (non-hydrogen) atoms. The summed E-state index contributed by atoms with van der Waals surface area (Å²) in [5, 5.41) is 18.4. The van der Waals surface area contributed by atoms with Crippen LogP contribution < -0.4 is 0 Å². The van der Waals surface area contributed by atoms with Crippen LogP contribution >= 0.6 is 0 Å². The van der Waals surface area contributed by atoms with Crippen molar-refractivity contribution in [1.29, 1.82) is 10.5 Å². The van der Waals surface area contributed by atoms with E-state index in [4.69, 9.17) is 0 Å². The number of pyridine rings is 1. The molecule has 0 saturated carbocycles. The molecule has 3 nitrogen and oxygen atoms in total. The minimum absolute atomic E-state index is 0.209. The molecule has 1 heterocycles. The second-order valence-electron chi connectivity index (χ2n) is 6.50. The van der Waals surface area contributed by atoms with Crippen molar-refractivity contribution in [1.82, 2.24) is 4.98 Å². The van der Waals surface area contributed by atoms with Crippen LogP contribution in [0.15, 0.2) is 6.07 Å². The maximum absolute atomic E-state index is 9.20. The topological polar surface area (TPSA) is 60.5 Å². The highest BCUT2D eigenvalue weighted by Gasteiger charge is 2.27. The van der Waals surface area contributed by atoms with Gasteiger partial charge in [-0.3, -0.25) is 4.98 Å². The van der Waals surface area contributed by atoms with E-state index in [2.05, 4.69) is 17.1 Å². The molecule has 0 radical (unpaired) electrons. The first-order valence-electron chi connectivity index (χ1n) is 5.97. The molecule has 1 rings (SSSR count). The third-order valence-electron chi connectivity index (χ3n) is 2.68. The fourth-order valence-electron chi connectivity index (χ4n) is 1.83. The summed E-state index contributed by atoms with van der Waals surface area (Å²) in [6, 6.07) is 5.94. The van der Waals surface area contributed by atoms with Gasteiger partial charge in [-0.2, -0.15) is 10.5 Å². The fraction of sp³-hybridized carbons (Fsp3) is 0.533. The largest absolute Gasteiger partial charge is 0.254 e. The van der Waals surface area contributed by atoms with Crippen LogP contribution in [-0.2, 0) is 10.8 Å². The molecule has 0 bridgehead atoms. The molecule has 0 aliphatic rings. The SMILES string of the molecule is CC(C)(C)c1nc(C(C)(C)C)c(C#N)cc1C#N. The molecule has 1 aromatic rings. The Bertz CT molecular complexity index is 496. The van der Waals surface area contributed by atoms with Crippen LogP contribution in [0.25, 0.3) is 0 Å². The molecule has 0 fully saturated rings. The highest BCUT2D eigenvalue weighted by molar-refractivity contribution is 5.47. The number of hydrogen-bond donors (Lipinski definition) is 0. The van der Waals surface area contributed by atoms with E-state index < -0.39 is 0 Å². The van der Waals surface area contributed by atoms with Crippen LogP contribution in [0.5, 0.6) is 0 Å². The van der Waals surface area contributed by atoms with Gasteiger partial charge < -0.3 is 0 Å². The Morgan fingerprint density at radius 3 is 1.39 bits per heavy atom. The molecule has 3 heteroatoms. The van der Waals surface area contributed by atoms with Crippen LogP contribution in [0.1, 0.15) is 64.1 Å². The van der Waals surface area contributed by atoms with Gasteiger partial charge in [-0.1, -0.05) is 41.5 Å². The minimum atomic E-state index is -0.209. The summed E-state index contributed by atoms with van der Waals surface area (Å²) in [6.07, 6.45) is 0. The Hall–Kier alpha value is -1.87. The standard InChI is InChI=1S/C15H19N3/c1-14(2,3)12-10(8-16)7-11(9-17)13(18-12)15(4,5)6/h7H,1-6H3. The molecular formula is C15H19N3. The van der Waals surface area contributed by atoms with E-state index in [1.54, 1.807) is 6.07 Å². The first-order chi connectivity index (χ1) is 8.11. The Labute approximate surface area is 109 Å². The number of aromatic nitrogens is 1. The number of rotatable bonds is 0. The minimum Gasteiger partial charge on any atom is -0.254 e. The van der Waals surface area contributed by atoms with Gasteiger partial charge in [-0.05, 0) is 6.07 Å². The smallest absolute Gasteiger partial charge is 0.101 e. The van der Waals surface area contributed by atoms with Gasteiger partial charge in [0.1, 0.15) is 12.1 Å². The van der Waals surface area contributed by atoms with Crippen molar-refractivity contribution in [2.24, 2.45) is 0 Å². The summed E-state index contributed by atoms with van der Waals surface area (Å²) in [4.78, 5) is 4.61. The highest BCUT2D eigenvalue weighted by atomic mass is 14.8. The second-order valence-corrected chi connectivity index (χ2v) is 6.50. The van der Waals surface area contributed by atoms with Crippen LogP contribution in [0.2, 0.25) is 0 Å². The van der Waals surface area contributed by atoms with Gasteiger partial charge >= 0.3 is 0 Å². The molecule has 0 aliphatic heterocycles. The number of nitriles is 2. The van der Waals surface area contributed by atoms with Gasteiger partial charge in [0.2, 0.25) is 0 Å². The molecule has 0 aromatic carbocycles. The fourth-order valence-corrected chi connectivity index (χ4v) is 1.83. The lowest BCUT2D eigenvalue weighted by Crippen LogP contribution is -2.22. The Morgan fingerprint density at radius 2 is 1.17 bits per heavy atom. The van der Waals surface area contributed by atoms with Gasteiger partial charge in [-0.25, -0.2) is 0 Å². The normalized spacial score (nSPS) is 11.8. The van der Waals surface area contributed by atoms with Crippen molar-refractivity contribution in [3.8, 4) is 12.1 Å². The molecular weight excluding hydrogens is 222 g/mol. The van der Waals surface area contributed by atoms with Crippen LogP contribution in [0, 0.1) is 22.7 Å². The molecule has 94 valence electrons. The van der Waals surface area contributed by atoms with Crippen molar-refractivity contribution in [2.75, 3.05) is 0 Å². The molecule has 0 saturated heterocycles. The van der Waals surface area contributed by atoms with Crippen molar-refractivity contribution in [3.05, 3.63) is 28.6 Å². The molecule has 0 unspecified atom stereocenters. The van der Waals surface area contributed by atoms with Crippen molar-refractivity contribution >= 4 is 0 Å². The Kier molecular flexibility index (Phi) is 3.49. The lowest BCUT2D eigenvalue weighted by atomic mass is 9.83. The van der Waals surface area contributed by atoms with E-state index in [-0.39, 0.29) is 10.8 Å². The molecule has 0 atom stereocenters. The first-order valence-corrected chi connectivity index (χ1v) is 5.97. The Balaban J connectivity index is 3.68.